The van der Waals surface area contributed by atoms with Crippen LogP contribution in [0.2, 0.25) is 0 Å². The molecule has 3 rings (SSSR count). The van der Waals surface area contributed by atoms with Crippen molar-refractivity contribution in [1.29, 1.82) is 0 Å². The lowest BCUT2D eigenvalue weighted by atomic mass is 9.80. The first-order valence-electron chi connectivity index (χ1n) is 7.38. The second kappa shape index (κ2) is 5.83. The number of hydrogen-bond acceptors (Lipinski definition) is 3. The molecule has 108 valence electrons. The summed E-state index contributed by atoms with van der Waals surface area (Å²) in [5.41, 5.74) is 0.998. The lowest BCUT2D eigenvalue weighted by Crippen LogP contribution is -2.32. The standard InChI is InChI=1S/C16H21NO3/c18-15-8-4-7-13-9-17(10-14(13)15)16(19)20-11-12-5-2-1-3-6-12/h1-3,5-6,13-15,18H,4,7-11H2. The number of carbonyl (C=O) groups is 1. The minimum absolute atomic E-state index is 0.244. The third-order valence-electron chi connectivity index (χ3n) is 4.52. The third-order valence-corrected chi connectivity index (χ3v) is 4.52. The van der Waals surface area contributed by atoms with E-state index in [-0.39, 0.29) is 18.1 Å². The lowest BCUT2D eigenvalue weighted by Gasteiger charge is -2.28. The van der Waals surface area contributed by atoms with Crippen molar-refractivity contribution in [1.82, 2.24) is 4.90 Å². The Labute approximate surface area is 119 Å². The van der Waals surface area contributed by atoms with E-state index in [9.17, 15) is 9.90 Å². The zero-order valence-corrected chi connectivity index (χ0v) is 11.6. The smallest absolute Gasteiger partial charge is 0.410 e. The number of aliphatic hydroxyl groups excluding tert-OH is 1. The normalized spacial score (nSPS) is 29.1. The molecule has 1 aromatic rings. The number of carbonyl (C=O) groups excluding carboxylic acids is 1. The van der Waals surface area contributed by atoms with Gasteiger partial charge in [-0.05, 0) is 24.3 Å². The first-order chi connectivity index (χ1) is 9.74. The predicted octanol–water partition coefficient (Wildman–Crippen LogP) is 2.42. The van der Waals surface area contributed by atoms with Crippen LogP contribution in [0, 0.1) is 11.8 Å². The molecule has 4 nitrogen and oxygen atoms in total. The minimum Gasteiger partial charge on any atom is -0.445 e. The molecule has 20 heavy (non-hydrogen) atoms. The van der Waals surface area contributed by atoms with Crippen molar-refractivity contribution < 1.29 is 14.6 Å². The molecule has 1 N–H and O–H groups in total. The summed E-state index contributed by atoms with van der Waals surface area (Å²) in [6.07, 6.45) is 2.55. The van der Waals surface area contributed by atoms with Crippen LogP contribution in [0.25, 0.3) is 0 Å². The molecule has 1 aliphatic carbocycles. The molecule has 0 spiro atoms. The first kappa shape index (κ1) is 13.4. The van der Waals surface area contributed by atoms with Gasteiger partial charge in [0.1, 0.15) is 6.61 Å². The molecule has 0 bridgehead atoms. The lowest BCUT2D eigenvalue weighted by molar-refractivity contribution is 0.0539. The van der Waals surface area contributed by atoms with Crippen molar-refractivity contribution in [3.05, 3.63) is 35.9 Å². The van der Waals surface area contributed by atoms with Crippen LogP contribution in [-0.2, 0) is 11.3 Å². The zero-order valence-electron chi connectivity index (χ0n) is 11.6. The summed E-state index contributed by atoms with van der Waals surface area (Å²) in [7, 11) is 0. The Morgan fingerprint density at radius 2 is 2.05 bits per heavy atom. The van der Waals surface area contributed by atoms with Crippen molar-refractivity contribution in [2.75, 3.05) is 13.1 Å². The van der Waals surface area contributed by atoms with E-state index in [2.05, 4.69) is 0 Å². The molecule has 3 unspecified atom stereocenters. The van der Waals surface area contributed by atoms with Crippen molar-refractivity contribution >= 4 is 6.09 Å². The van der Waals surface area contributed by atoms with E-state index >= 15 is 0 Å². The fraction of sp³-hybridized carbons (Fsp3) is 0.562. The second-order valence-corrected chi connectivity index (χ2v) is 5.87. The summed E-state index contributed by atoms with van der Waals surface area (Å²) in [5.74, 6) is 0.691. The van der Waals surface area contributed by atoms with Gasteiger partial charge in [0, 0.05) is 19.0 Å². The number of aliphatic hydroxyl groups is 1. The molecule has 1 amide bonds. The highest BCUT2D eigenvalue weighted by Crippen LogP contribution is 2.36. The number of fused-ring (bicyclic) bond motifs is 1. The van der Waals surface area contributed by atoms with Crippen LogP contribution in [0.15, 0.2) is 30.3 Å². The molecule has 1 heterocycles. The van der Waals surface area contributed by atoms with Gasteiger partial charge in [-0.25, -0.2) is 4.79 Å². The molecule has 1 saturated heterocycles. The van der Waals surface area contributed by atoms with E-state index in [1.165, 1.54) is 0 Å². The summed E-state index contributed by atoms with van der Waals surface area (Å²) >= 11 is 0. The van der Waals surface area contributed by atoms with E-state index in [4.69, 9.17) is 4.74 Å². The first-order valence-corrected chi connectivity index (χ1v) is 7.38. The summed E-state index contributed by atoms with van der Waals surface area (Å²) < 4.78 is 5.36. The fourth-order valence-electron chi connectivity index (χ4n) is 3.40. The quantitative estimate of drug-likeness (QED) is 0.901. The van der Waals surface area contributed by atoms with Gasteiger partial charge in [-0.2, -0.15) is 0 Å². The molecule has 1 saturated carbocycles. The number of nitrogens with zero attached hydrogens (tertiary/aromatic N) is 1. The number of amides is 1. The number of likely N-dealkylation sites (tertiary alicyclic amines) is 1. The Kier molecular flexibility index (Phi) is 3.92. The van der Waals surface area contributed by atoms with Crippen LogP contribution in [0.1, 0.15) is 24.8 Å². The van der Waals surface area contributed by atoms with Gasteiger partial charge < -0.3 is 14.7 Å². The van der Waals surface area contributed by atoms with Gasteiger partial charge in [0.2, 0.25) is 0 Å². The highest BCUT2D eigenvalue weighted by Gasteiger charge is 2.41. The molecule has 0 aromatic heterocycles. The van der Waals surface area contributed by atoms with Crippen molar-refractivity contribution in [3.63, 3.8) is 0 Å². The third kappa shape index (κ3) is 2.80. The highest BCUT2D eigenvalue weighted by molar-refractivity contribution is 5.68. The minimum atomic E-state index is -0.254. The Morgan fingerprint density at radius 1 is 1.25 bits per heavy atom. The molecule has 2 fully saturated rings. The summed E-state index contributed by atoms with van der Waals surface area (Å²) in [5, 5.41) is 10.0. The summed E-state index contributed by atoms with van der Waals surface area (Å²) in [6.45, 7) is 1.68. The maximum atomic E-state index is 12.1. The maximum absolute atomic E-state index is 12.1. The summed E-state index contributed by atoms with van der Waals surface area (Å²) in [4.78, 5) is 13.8. The largest absolute Gasteiger partial charge is 0.445 e. The average Bonchev–Trinajstić information content (AvgIpc) is 2.91. The monoisotopic (exact) mass is 275 g/mol. The molecule has 0 radical (unpaired) electrons. The summed E-state index contributed by atoms with van der Waals surface area (Å²) in [6, 6.07) is 9.70. The van der Waals surface area contributed by atoms with Gasteiger partial charge in [-0.3, -0.25) is 0 Å². The molecule has 2 aliphatic rings. The van der Waals surface area contributed by atoms with Gasteiger partial charge in [0.15, 0.2) is 0 Å². The van der Waals surface area contributed by atoms with Crippen LogP contribution in [0.5, 0.6) is 0 Å². The van der Waals surface area contributed by atoms with E-state index in [0.29, 0.717) is 19.1 Å². The van der Waals surface area contributed by atoms with Crippen LogP contribution in [0.4, 0.5) is 4.79 Å². The van der Waals surface area contributed by atoms with Crippen LogP contribution < -0.4 is 0 Å². The van der Waals surface area contributed by atoms with Gasteiger partial charge in [-0.15, -0.1) is 0 Å². The van der Waals surface area contributed by atoms with Crippen molar-refractivity contribution in [2.45, 2.75) is 32.0 Å². The van der Waals surface area contributed by atoms with Crippen molar-refractivity contribution in [2.24, 2.45) is 11.8 Å². The van der Waals surface area contributed by atoms with Crippen molar-refractivity contribution in [3.8, 4) is 0 Å². The Hall–Kier alpha value is -1.55. The maximum Gasteiger partial charge on any atom is 0.410 e. The average molecular weight is 275 g/mol. The van der Waals surface area contributed by atoms with Crippen LogP contribution in [0.3, 0.4) is 0 Å². The molecule has 1 aliphatic heterocycles. The Balaban J connectivity index is 1.53. The number of ether oxygens (including phenoxy) is 1. The van der Waals surface area contributed by atoms with Gasteiger partial charge in [0.25, 0.3) is 0 Å². The Morgan fingerprint density at radius 3 is 2.80 bits per heavy atom. The number of benzene rings is 1. The molecular formula is C16H21NO3. The molecule has 3 atom stereocenters. The van der Waals surface area contributed by atoms with E-state index < -0.39 is 0 Å². The Bertz CT molecular complexity index is 462. The second-order valence-electron chi connectivity index (χ2n) is 5.87. The van der Waals surface area contributed by atoms with E-state index in [1.807, 2.05) is 30.3 Å². The van der Waals surface area contributed by atoms with E-state index in [1.54, 1.807) is 4.90 Å². The highest BCUT2D eigenvalue weighted by atomic mass is 16.6. The molecule has 4 heteroatoms. The fourth-order valence-corrected chi connectivity index (χ4v) is 3.40. The van der Waals surface area contributed by atoms with Gasteiger partial charge >= 0.3 is 6.09 Å². The zero-order chi connectivity index (χ0) is 13.9. The number of rotatable bonds is 2. The van der Waals surface area contributed by atoms with Crippen LogP contribution in [-0.4, -0.2) is 35.3 Å². The number of hydrogen-bond donors (Lipinski definition) is 1. The van der Waals surface area contributed by atoms with Crippen LogP contribution >= 0.6 is 0 Å². The molecule has 1 aromatic carbocycles. The topological polar surface area (TPSA) is 49.8 Å². The predicted molar refractivity (Wildman–Crippen MR) is 75.0 cm³/mol. The molecular weight excluding hydrogens is 254 g/mol. The van der Waals surface area contributed by atoms with Gasteiger partial charge in [-0.1, -0.05) is 36.8 Å². The van der Waals surface area contributed by atoms with Gasteiger partial charge in [0.05, 0.1) is 6.10 Å². The SMILES string of the molecule is O=C(OCc1ccccc1)N1CC2CCCC(O)C2C1. The van der Waals surface area contributed by atoms with E-state index in [0.717, 1.165) is 31.4 Å².